The fourth-order valence-corrected chi connectivity index (χ4v) is 3.25. The van der Waals surface area contributed by atoms with E-state index in [1.807, 2.05) is 0 Å². The van der Waals surface area contributed by atoms with Gasteiger partial charge in [0.05, 0.1) is 11.4 Å². The van der Waals surface area contributed by atoms with Gasteiger partial charge in [-0.05, 0) is 47.2 Å². The zero-order valence-electron chi connectivity index (χ0n) is 16.3. The Bertz CT molecular complexity index is 1230. The van der Waals surface area contributed by atoms with Crippen molar-refractivity contribution in [3.63, 3.8) is 0 Å². The summed E-state index contributed by atoms with van der Waals surface area (Å²) in [5.74, 6) is -6.46. The highest BCUT2D eigenvalue weighted by Gasteiger charge is 2.21. The molecule has 0 bridgehead atoms. The third-order valence-electron chi connectivity index (χ3n) is 4.76. The average Bonchev–Trinajstić information content (AvgIpc) is 2.74. The van der Waals surface area contributed by atoms with Gasteiger partial charge in [-0.15, -0.1) is 0 Å². The zero-order valence-corrected chi connectivity index (χ0v) is 16.3. The van der Waals surface area contributed by atoms with E-state index in [0.29, 0.717) is 10.8 Å². The van der Waals surface area contributed by atoms with Crippen molar-refractivity contribution in [2.45, 2.75) is 0 Å². The molecule has 160 valence electrons. The van der Waals surface area contributed by atoms with Crippen molar-refractivity contribution in [1.29, 1.82) is 0 Å². The van der Waals surface area contributed by atoms with Crippen LogP contribution in [0.5, 0.6) is 0 Å². The molecule has 0 aromatic heterocycles. The van der Waals surface area contributed by atoms with Gasteiger partial charge in [-0.25, -0.2) is 17.6 Å². The molecule has 0 saturated heterocycles. The van der Waals surface area contributed by atoms with Gasteiger partial charge in [-0.1, -0.05) is 36.4 Å². The molecule has 0 fully saturated rings. The van der Waals surface area contributed by atoms with Crippen LogP contribution in [-0.4, -0.2) is 11.8 Å². The van der Waals surface area contributed by atoms with E-state index < -0.39 is 46.2 Å². The molecule has 4 rings (SSSR count). The standard InChI is InChI=1S/C24H14F4N2O2/c25-15-7-3-8-16(26)21(15)23(31)29-19-11-13-5-1-2-6-14(13)12-20(19)30-24(32)22-17(27)9-4-10-18(22)28/h1-12H,(H,29,31)(H,30,32). The van der Waals surface area contributed by atoms with E-state index in [4.69, 9.17) is 0 Å². The maximum atomic E-state index is 14.0. The molecule has 2 N–H and O–H groups in total. The lowest BCUT2D eigenvalue weighted by molar-refractivity contribution is 0.100. The van der Waals surface area contributed by atoms with Gasteiger partial charge >= 0.3 is 0 Å². The Morgan fingerprint density at radius 3 is 1.22 bits per heavy atom. The molecule has 32 heavy (non-hydrogen) atoms. The van der Waals surface area contributed by atoms with Crippen LogP contribution in [0.25, 0.3) is 10.8 Å². The topological polar surface area (TPSA) is 58.2 Å². The predicted octanol–water partition coefficient (Wildman–Crippen LogP) is 5.90. The number of hydrogen-bond acceptors (Lipinski definition) is 2. The maximum absolute atomic E-state index is 14.0. The van der Waals surface area contributed by atoms with Crippen LogP contribution in [0.2, 0.25) is 0 Å². The van der Waals surface area contributed by atoms with Crippen LogP contribution in [-0.2, 0) is 0 Å². The summed E-state index contributed by atoms with van der Waals surface area (Å²) in [6.45, 7) is 0. The number of fused-ring (bicyclic) bond motifs is 1. The summed E-state index contributed by atoms with van der Waals surface area (Å²) >= 11 is 0. The number of nitrogens with one attached hydrogen (secondary N) is 2. The summed E-state index contributed by atoms with van der Waals surface area (Å²) in [4.78, 5) is 25.2. The van der Waals surface area contributed by atoms with E-state index in [0.717, 1.165) is 36.4 Å². The Morgan fingerprint density at radius 2 is 0.875 bits per heavy atom. The van der Waals surface area contributed by atoms with E-state index in [-0.39, 0.29) is 11.4 Å². The smallest absolute Gasteiger partial charge is 0.261 e. The van der Waals surface area contributed by atoms with Crippen LogP contribution in [0, 0.1) is 23.3 Å². The summed E-state index contributed by atoms with van der Waals surface area (Å²) in [5, 5.41) is 6.02. The van der Waals surface area contributed by atoms with Gasteiger partial charge in [0.2, 0.25) is 0 Å². The molecule has 0 atom stereocenters. The first kappa shape index (κ1) is 21.0. The van der Waals surface area contributed by atoms with Crippen molar-refractivity contribution in [2.24, 2.45) is 0 Å². The first-order valence-electron chi connectivity index (χ1n) is 9.38. The minimum absolute atomic E-state index is 0.0125. The van der Waals surface area contributed by atoms with Gasteiger partial charge in [-0.3, -0.25) is 9.59 Å². The summed E-state index contributed by atoms with van der Waals surface area (Å²) in [7, 11) is 0. The molecule has 0 spiro atoms. The lowest BCUT2D eigenvalue weighted by atomic mass is 10.1. The number of carbonyl (C=O) groups is 2. The van der Waals surface area contributed by atoms with Gasteiger partial charge in [0.15, 0.2) is 0 Å². The molecule has 0 saturated carbocycles. The van der Waals surface area contributed by atoms with Crippen LogP contribution < -0.4 is 10.6 Å². The molecule has 0 aliphatic heterocycles. The third-order valence-corrected chi connectivity index (χ3v) is 4.76. The number of hydrogen-bond donors (Lipinski definition) is 2. The number of rotatable bonds is 4. The van der Waals surface area contributed by atoms with Gasteiger partial charge in [0.25, 0.3) is 11.8 Å². The van der Waals surface area contributed by atoms with E-state index in [9.17, 15) is 27.2 Å². The molecule has 0 aliphatic carbocycles. The largest absolute Gasteiger partial charge is 0.320 e. The molecule has 0 radical (unpaired) electrons. The van der Waals surface area contributed by atoms with Crippen LogP contribution >= 0.6 is 0 Å². The number of halogens is 4. The highest BCUT2D eigenvalue weighted by Crippen LogP contribution is 2.30. The number of carbonyl (C=O) groups excluding carboxylic acids is 2. The second kappa shape index (κ2) is 8.50. The summed E-state index contributed by atoms with van der Waals surface area (Å²) in [6.07, 6.45) is 0. The van der Waals surface area contributed by atoms with E-state index in [2.05, 4.69) is 10.6 Å². The van der Waals surface area contributed by atoms with Crippen LogP contribution in [0.1, 0.15) is 20.7 Å². The van der Waals surface area contributed by atoms with Crippen molar-refractivity contribution >= 4 is 34.0 Å². The second-order valence-corrected chi connectivity index (χ2v) is 6.85. The van der Waals surface area contributed by atoms with Crippen LogP contribution in [0.3, 0.4) is 0 Å². The quantitative estimate of drug-likeness (QED) is 0.390. The highest BCUT2D eigenvalue weighted by molar-refractivity contribution is 6.12. The highest BCUT2D eigenvalue weighted by atomic mass is 19.1. The van der Waals surface area contributed by atoms with Crippen molar-refractivity contribution in [3.05, 3.63) is 107 Å². The fourth-order valence-electron chi connectivity index (χ4n) is 3.25. The van der Waals surface area contributed by atoms with E-state index in [1.54, 1.807) is 24.3 Å². The fraction of sp³-hybridized carbons (Fsp3) is 0. The lowest BCUT2D eigenvalue weighted by Crippen LogP contribution is -2.20. The van der Waals surface area contributed by atoms with Crippen molar-refractivity contribution in [3.8, 4) is 0 Å². The normalized spacial score (nSPS) is 10.8. The molecular formula is C24H14F4N2O2. The molecule has 4 nitrogen and oxygen atoms in total. The predicted molar refractivity (Wildman–Crippen MR) is 113 cm³/mol. The summed E-state index contributed by atoms with van der Waals surface area (Å²) < 4.78 is 56.1. The molecule has 4 aromatic rings. The Morgan fingerprint density at radius 1 is 0.531 bits per heavy atom. The molecule has 8 heteroatoms. The molecular weight excluding hydrogens is 424 g/mol. The molecule has 0 unspecified atom stereocenters. The van der Waals surface area contributed by atoms with Crippen molar-refractivity contribution < 1.29 is 27.2 Å². The minimum Gasteiger partial charge on any atom is -0.320 e. The molecule has 4 aromatic carbocycles. The number of benzene rings is 4. The monoisotopic (exact) mass is 438 g/mol. The molecule has 0 heterocycles. The third kappa shape index (κ3) is 4.02. The Labute approximate surface area is 179 Å². The average molecular weight is 438 g/mol. The summed E-state index contributed by atoms with van der Waals surface area (Å²) in [5.41, 5.74) is -1.64. The molecule has 2 amide bonds. The van der Waals surface area contributed by atoms with Crippen LogP contribution in [0.15, 0.2) is 72.8 Å². The number of anilines is 2. The van der Waals surface area contributed by atoms with E-state index in [1.165, 1.54) is 12.1 Å². The Hall–Kier alpha value is -4.20. The van der Waals surface area contributed by atoms with Gasteiger partial charge in [0, 0.05) is 0 Å². The molecule has 0 aliphatic rings. The van der Waals surface area contributed by atoms with Crippen LogP contribution in [0.4, 0.5) is 28.9 Å². The Balaban J connectivity index is 1.76. The van der Waals surface area contributed by atoms with Gasteiger partial charge < -0.3 is 10.6 Å². The van der Waals surface area contributed by atoms with E-state index >= 15 is 0 Å². The first-order valence-corrected chi connectivity index (χ1v) is 9.38. The maximum Gasteiger partial charge on any atom is 0.261 e. The minimum atomic E-state index is -1.09. The van der Waals surface area contributed by atoms with Crippen molar-refractivity contribution in [2.75, 3.05) is 10.6 Å². The van der Waals surface area contributed by atoms with Gasteiger partial charge in [-0.2, -0.15) is 0 Å². The SMILES string of the molecule is O=C(Nc1cc2ccccc2cc1NC(=O)c1c(F)cccc1F)c1c(F)cccc1F. The number of amides is 2. The summed E-state index contributed by atoms with van der Waals surface area (Å²) in [6, 6.07) is 15.8. The van der Waals surface area contributed by atoms with Gasteiger partial charge in [0.1, 0.15) is 34.4 Å². The second-order valence-electron chi connectivity index (χ2n) is 6.85. The Kier molecular flexibility index (Phi) is 5.59. The zero-order chi connectivity index (χ0) is 22.8. The lowest BCUT2D eigenvalue weighted by Gasteiger charge is -2.15. The van der Waals surface area contributed by atoms with Crippen molar-refractivity contribution in [1.82, 2.24) is 0 Å². The first-order chi connectivity index (χ1) is 15.3.